The lowest BCUT2D eigenvalue weighted by Crippen LogP contribution is -2.09. The second-order valence-electron chi connectivity index (χ2n) is 7.23. The number of methoxy groups -OCH3 is 1. The molecule has 0 aliphatic carbocycles. The first kappa shape index (κ1) is 21.9. The van der Waals surface area contributed by atoms with E-state index < -0.39 is 5.82 Å². The standard InChI is InChI=1S/C22H19BrFN7O3/c1-32-18-8-13-11-25-20-21(29-16-3-2-14(23)9-15(16)24)26-12-27-22(20)34-17(13)10-19(18)33-7-6-31-5-4-28-30-31/h2-5,8-10,12,25H,6-7,11H2,1H3,(H,26,27,29). The maximum Gasteiger partial charge on any atom is 0.248 e. The van der Waals surface area contributed by atoms with Crippen LogP contribution in [0.3, 0.4) is 0 Å². The Balaban J connectivity index is 1.40. The zero-order valence-electron chi connectivity index (χ0n) is 18.0. The molecular formula is C22H19BrFN7O3. The van der Waals surface area contributed by atoms with Gasteiger partial charge in [0.2, 0.25) is 5.88 Å². The number of nitrogens with one attached hydrogen (secondary N) is 2. The van der Waals surface area contributed by atoms with Crippen molar-refractivity contribution in [2.24, 2.45) is 0 Å². The van der Waals surface area contributed by atoms with Crippen molar-refractivity contribution >= 4 is 33.1 Å². The zero-order valence-corrected chi connectivity index (χ0v) is 19.5. The van der Waals surface area contributed by atoms with Crippen LogP contribution in [0.2, 0.25) is 0 Å². The Labute approximate surface area is 202 Å². The lowest BCUT2D eigenvalue weighted by atomic mass is 10.1. The lowest BCUT2D eigenvalue weighted by Gasteiger charge is -2.14. The van der Waals surface area contributed by atoms with Crippen LogP contribution in [0, 0.1) is 5.82 Å². The monoisotopic (exact) mass is 527 g/mol. The summed E-state index contributed by atoms with van der Waals surface area (Å²) in [7, 11) is 1.58. The number of benzene rings is 2. The van der Waals surface area contributed by atoms with Gasteiger partial charge < -0.3 is 24.8 Å². The van der Waals surface area contributed by atoms with Gasteiger partial charge in [0.25, 0.3) is 0 Å². The molecule has 10 nitrogen and oxygen atoms in total. The van der Waals surface area contributed by atoms with Crippen molar-refractivity contribution in [1.29, 1.82) is 0 Å². The van der Waals surface area contributed by atoms with Crippen LogP contribution in [0.4, 0.5) is 21.6 Å². The van der Waals surface area contributed by atoms with Gasteiger partial charge in [-0.1, -0.05) is 21.1 Å². The highest BCUT2D eigenvalue weighted by molar-refractivity contribution is 9.10. The van der Waals surface area contributed by atoms with Crippen LogP contribution in [-0.4, -0.2) is 38.7 Å². The smallest absolute Gasteiger partial charge is 0.248 e. The van der Waals surface area contributed by atoms with Crippen LogP contribution in [0.1, 0.15) is 5.56 Å². The number of ether oxygens (including phenoxy) is 3. The Morgan fingerprint density at radius 2 is 2.15 bits per heavy atom. The molecule has 0 fully saturated rings. The minimum absolute atomic E-state index is 0.275. The molecule has 1 aliphatic rings. The van der Waals surface area contributed by atoms with E-state index in [-0.39, 0.29) is 5.69 Å². The number of anilines is 3. The highest BCUT2D eigenvalue weighted by atomic mass is 79.9. The molecule has 0 atom stereocenters. The van der Waals surface area contributed by atoms with Crippen LogP contribution < -0.4 is 24.8 Å². The Bertz CT molecular complexity index is 1320. The quantitative estimate of drug-likeness (QED) is 0.358. The molecule has 0 radical (unpaired) electrons. The highest BCUT2D eigenvalue weighted by Crippen LogP contribution is 2.42. The first-order valence-electron chi connectivity index (χ1n) is 10.3. The van der Waals surface area contributed by atoms with Crippen molar-refractivity contribution in [3.05, 3.63) is 64.9 Å². The van der Waals surface area contributed by atoms with Crippen LogP contribution in [0.5, 0.6) is 23.1 Å². The molecule has 0 spiro atoms. The molecule has 4 aromatic rings. The van der Waals surface area contributed by atoms with Crippen LogP contribution >= 0.6 is 15.9 Å². The summed E-state index contributed by atoms with van der Waals surface area (Å²) < 4.78 is 34.2. The SMILES string of the molecule is COc1cc2c(cc1OCCn1ccnn1)Oc1ncnc(Nc3ccc(Br)cc3F)c1NC2. The lowest BCUT2D eigenvalue weighted by molar-refractivity contribution is 0.271. The summed E-state index contributed by atoms with van der Waals surface area (Å²) in [6.45, 7) is 1.30. The summed E-state index contributed by atoms with van der Waals surface area (Å²) >= 11 is 3.26. The zero-order chi connectivity index (χ0) is 23.5. The molecule has 5 rings (SSSR count). The predicted octanol–water partition coefficient (Wildman–Crippen LogP) is 4.52. The second-order valence-corrected chi connectivity index (χ2v) is 8.15. The molecule has 0 saturated heterocycles. The maximum absolute atomic E-state index is 14.4. The third-order valence-corrected chi connectivity index (χ3v) is 5.55. The number of fused-ring (bicyclic) bond motifs is 2. The summed E-state index contributed by atoms with van der Waals surface area (Å²) in [5, 5.41) is 14.0. The van der Waals surface area contributed by atoms with Crippen molar-refractivity contribution in [3.8, 4) is 23.1 Å². The Hall–Kier alpha value is -3.93. The molecule has 3 heterocycles. The number of aromatic nitrogens is 5. The molecular weight excluding hydrogens is 509 g/mol. The van der Waals surface area contributed by atoms with E-state index >= 15 is 0 Å². The first-order chi connectivity index (χ1) is 16.6. The largest absolute Gasteiger partial charge is 0.493 e. The molecule has 34 heavy (non-hydrogen) atoms. The van der Waals surface area contributed by atoms with Crippen molar-refractivity contribution in [2.45, 2.75) is 13.1 Å². The van der Waals surface area contributed by atoms with Gasteiger partial charge in [-0.2, -0.15) is 4.98 Å². The molecule has 174 valence electrons. The molecule has 0 bridgehead atoms. The van der Waals surface area contributed by atoms with Crippen molar-refractivity contribution in [2.75, 3.05) is 24.4 Å². The van der Waals surface area contributed by atoms with E-state index in [9.17, 15) is 4.39 Å². The summed E-state index contributed by atoms with van der Waals surface area (Å²) in [5.41, 5.74) is 1.62. The first-order valence-corrected chi connectivity index (χ1v) is 11.1. The van der Waals surface area contributed by atoms with E-state index in [1.54, 1.807) is 42.4 Å². The highest BCUT2D eigenvalue weighted by Gasteiger charge is 2.22. The molecule has 1 aliphatic heterocycles. The van der Waals surface area contributed by atoms with Gasteiger partial charge in [-0.25, -0.2) is 14.1 Å². The van der Waals surface area contributed by atoms with Gasteiger partial charge in [-0.3, -0.25) is 0 Å². The number of hydrogen-bond donors (Lipinski definition) is 2. The molecule has 0 unspecified atom stereocenters. The Morgan fingerprint density at radius 1 is 1.24 bits per heavy atom. The van der Waals surface area contributed by atoms with E-state index in [4.69, 9.17) is 14.2 Å². The molecule has 0 saturated carbocycles. The van der Waals surface area contributed by atoms with E-state index in [0.717, 1.165) is 5.56 Å². The van der Waals surface area contributed by atoms with Gasteiger partial charge >= 0.3 is 0 Å². The van der Waals surface area contributed by atoms with Gasteiger partial charge in [0, 0.05) is 28.8 Å². The second kappa shape index (κ2) is 9.51. The van der Waals surface area contributed by atoms with Crippen LogP contribution in [0.15, 0.2) is 53.5 Å². The van der Waals surface area contributed by atoms with Gasteiger partial charge in [0.15, 0.2) is 17.3 Å². The average Bonchev–Trinajstić information content (AvgIpc) is 3.27. The summed E-state index contributed by atoms with van der Waals surface area (Å²) in [6, 6.07) is 8.33. The van der Waals surface area contributed by atoms with Gasteiger partial charge in [-0.15, -0.1) is 5.10 Å². The molecule has 12 heteroatoms. The third-order valence-electron chi connectivity index (χ3n) is 5.06. The van der Waals surface area contributed by atoms with Crippen LogP contribution in [-0.2, 0) is 13.1 Å². The average molecular weight is 528 g/mol. The molecule has 2 aromatic carbocycles. The number of halogens is 2. The number of nitrogens with zero attached hydrogens (tertiary/aromatic N) is 5. The van der Waals surface area contributed by atoms with Crippen molar-refractivity contribution in [1.82, 2.24) is 25.0 Å². The fourth-order valence-electron chi connectivity index (χ4n) is 3.40. The summed E-state index contributed by atoms with van der Waals surface area (Å²) in [4.78, 5) is 8.52. The van der Waals surface area contributed by atoms with Crippen molar-refractivity contribution in [3.63, 3.8) is 0 Å². The van der Waals surface area contributed by atoms with Crippen LogP contribution in [0.25, 0.3) is 0 Å². The number of rotatable bonds is 7. The summed E-state index contributed by atoms with van der Waals surface area (Å²) in [6.07, 6.45) is 4.72. The topological polar surface area (TPSA) is 108 Å². The van der Waals surface area contributed by atoms with Crippen molar-refractivity contribution < 1.29 is 18.6 Å². The normalized spacial score (nSPS) is 12.0. The fourth-order valence-corrected chi connectivity index (χ4v) is 3.73. The minimum Gasteiger partial charge on any atom is -0.493 e. The van der Waals surface area contributed by atoms with Gasteiger partial charge in [0.1, 0.15) is 30.2 Å². The van der Waals surface area contributed by atoms with E-state index in [1.807, 2.05) is 6.07 Å². The number of hydrogen-bond acceptors (Lipinski definition) is 9. The molecule has 0 amide bonds. The van der Waals surface area contributed by atoms with Gasteiger partial charge in [-0.05, 0) is 24.3 Å². The predicted molar refractivity (Wildman–Crippen MR) is 125 cm³/mol. The fraction of sp³-hybridized carbons (Fsp3) is 0.182. The van der Waals surface area contributed by atoms with E-state index in [1.165, 1.54) is 12.4 Å². The maximum atomic E-state index is 14.4. The third kappa shape index (κ3) is 4.57. The molecule has 2 N–H and O–H groups in total. The van der Waals surface area contributed by atoms with E-state index in [2.05, 4.69) is 46.8 Å². The van der Waals surface area contributed by atoms with Gasteiger partial charge in [0.05, 0.1) is 25.5 Å². The minimum atomic E-state index is -0.419. The Kier molecular flexibility index (Phi) is 6.12. The van der Waals surface area contributed by atoms with E-state index in [0.29, 0.717) is 58.8 Å². The molecule has 2 aromatic heterocycles. The Morgan fingerprint density at radius 3 is 2.94 bits per heavy atom. The summed E-state index contributed by atoms with van der Waals surface area (Å²) in [5.74, 6) is 1.91.